The van der Waals surface area contributed by atoms with Crippen molar-refractivity contribution in [1.82, 2.24) is 19.8 Å². The highest BCUT2D eigenvalue weighted by molar-refractivity contribution is 7.16. The molecule has 2 N–H and O–H groups in total. The van der Waals surface area contributed by atoms with E-state index in [9.17, 15) is 0 Å². The van der Waals surface area contributed by atoms with Gasteiger partial charge in [-0.2, -0.15) is 9.61 Å². The maximum atomic E-state index is 5.86. The fourth-order valence-corrected chi connectivity index (χ4v) is 4.11. The van der Waals surface area contributed by atoms with E-state index in [1.54, 1.807) is 11.3 Å². The molecule has 2 saturated carbocycles. The Balaban J connectivity index is 1.72. The van der Waals surface area contributed by atoms with Crippen molar-refractivity contribution in [3.8, 4) is 0 Å². The number of nitrogens with two attached hydrogens (primary N) is 1. The van der Waals surface area contributed by atoms with E-state index in [-0.39, 0.29) is 0 Å². The second kappa shape index (κ2) is 3.99. The maximum absolute atomic E-state index is 5.86. The Bertz CT molecular complexity index is 570. The van der Waals surface area contributed by atoms with Crippen LogP contribution in [0.3, 0.4) is 0 Å². The highest BCUT2D eigenvalue weighted by Gasteiger charge is 2.33. The lowest BCUT2D eigenvalue weighted by molar-refractivity contribution is 0.490. The van der Waals surface area contributed by atoms with Crippen molar-refractivity contribution < 1.29 is 0 Å². The zero-order valence-corrected chi connectivity index (χ0v) is 11.1. The minimum Gasteiger partial charge on any atom is -0.330 e. The molecule has 2 aromatic heterocycles. The van der Waals surface area contributed by atoms with Crippen LogP contribution in [0.5, 0.6) is 0 Å². The first-order valence-electron chi connectivity index (χ1n) is 6.79. The van der Waals surface area contributed by atoms with Crippen LogP contribution in [0.4, 0.5) is 0 Å². The molecular formula is C12H17N5S. The average molecular weight is 263 g/mol. The molecule has 2 unspecified atom stereocenters. The van der Waals surface area contributed by atoms with Gasteiger partial charge in [-0.15, -0.1) is 10.2 Å². The first-order valence-corrected chi connectivity index (χ1v) is 7.60. The Morgan fingerprint density at radius 1 is 1.22 bits per heavy atom. The fourth-order valence-electron chi connectivity index (χ4n) is 3.04. The van der Waals surface area contributed by atoms with Gasteiger partial charge in [0.15, 0.2) is 5.82 Å². The summed E-state index contributed by atoms with van der Waals surface area (Å²) in [7, 11) is 0. The molecule has 2 fully saturated rings. The summed E-state index contributed by atoms with van der Waals surface area (Å²) in [6.07, 6.45) is 6.23. The Morgan fingerprint density at radius 2 is 2.11 bits per heavy atom. The minimum absolute atomic E-state index is 0.550. The molecule has 5 nitrogen and oxygen atoms in total. The Hall–Kier alpha value is -1.01. The molecule has 0 saturated heterocycles. The first-order chi connectivity index (χ1) is 8.86. The summed E-state index contributed by atoms with van der Waals surface area (Å²) in [5.74, 6) is 2.82. The summed E-state index contributed by atoms with van der Waals surface area (Å²) in [6.45, 7) is 0.778. The van der Waals surface area contributed by atoms with Gasteiger partial charge >= 0.3 is 0 Å². The van der Waals surface area contributed by atoms with E-state index in [0.717, 1.165) is 17.3 Å². The standard InChI is InChI=1S/C12H17N5S/c13-6-8-2-1-3-9(8)11-16-17-10(7-4-5-7)14-15-12(17)18-11/h7-9H,1-6,13H2. The molecule has 4 rings (SSSR count). The van der Waals surface area contributed by atoms with Crippen LogP contribution >= 0.6 is 11.3 Å². The molecule has 18 heavy (non-hydrogen) atoms. The molecule has 0 aliphatic heterocycles. The summed E-state index contributed by atoms with van der Waals surface area (Å²) in [5, 5.41) is 14.5. The van der Waals surface area contributed by atoms with Crippen molar-refractivity contribution in [2.45, 2.75) is 43.9 Å². The number of hydrogen-bond donors (Lipinski definition) is 1. The summed E-state index contributed by atoms with van der Waals surface area (Å²) in [5.41, 5.74) is 5.86. The van der Waals surface area contributed by atoms with Crippen LogP contribution in [-0.4, -0.2) is 26.4 Å². The van der Waals surface area contributed by atoms with Crippen LogP contribution in [0.25, 0.3) is 4.96 Å². The molecule has 2 atom stereocenters. The van der Waals surface area contributed by atoms with Crippen LogP contribution in [0.1, 0.15) is 54.8 Å². The fraction of sp³-hybridized carbons (Fsp3) is 0.750. The zero-order valence-electron chi connectivity index (χ0n) is 10.2. The molecule has 2 aliphatic carbocycles. The number of hydrogen-bond acceptors (Lipinski definition) is 5. The number of aromatic nitrogens is 4. The Kier molecular flexibility index (Phi) is 2.41. The third-order valence-corrected chi connectivity index (χ3v) is 5.28. The van der Waals surface area contributed by atoms with Crippen LogP contribution in [0.2, 0.25) is 0 Å². The van der Waals surface area contributed by atoms with Gasteiger partial charge in [-0.25, -0.2) is 0 Å². The van der Waals surface area contributed by atoms with Gasteiger partial charge < -0.3 is 5.73 Å². The van der Waals surface area contributed by atoms with E-state index >= 15 is 0 Å². The quantitative estimate of drug-likeness (QED) is 0.918. The van der Waals surface area contributed by atoms with E-state index in [4.69, 9.17) is 10.8 Å². The van der Waals surface area contributed by atoms with Crippen molar-refractivity contribution in [3.63, 3.8) is 0 Å². The molecule has 6 heteroatoms. The summed E-state index contributed by atoms with van der Waals surface area (Å²) in [6, 6.07) is 0. The van der Waals surface area contributed by atoms with Gasteiger partial charge in [-0.1, -0.05) is 17.8 Å². The van der Waals surface area contributed by atoms with E-state index < -0.39 is 0 Å². The highest BCUT2D eigenvalue weighted by atomic mass is 32.1. The monoisotopic (exact) mass is 263 g/mol. The summed E-state index contributed by atoms with van der Waals surface area (Å²) < 4.78 is 1.98. The predicted molar refractivity (Wildman–Crippen MR) is 69.8 cm³/mol. The lowest BCUT2D eigenvalue weighted by atomic mass is 9.97. The maximum Gasteiger partial charge on any atom is 0.234 e. The number of fused-ring (bicyclic) bond motifs is 1. The van der Waals surface area contributed by atoms with Gasteiger partial charge in [0, 0.05) is 11.8 Å². The summed E-state index contributed by atoms with van der Waals surface area (Å²) in [4.78, 5) is 0.953. The van der Waals surface area contributed by atoms with Crippen molar-refractivity contribution in [2.24, 2.45) is 11.7 Å². The lowest BCUT2D eigenvalue weighted by Gasteiger charge is -2.13. The zero-order chi connectivity index (χ0) is 12.1. The van der Waals surface area contributed by atoms with Gasteiger partial charge in [0.2, 0.25) is 4.96 Å². The Morgan fingerprint density at radius 3 is 2.89 bits per heavy atom. The minimum atomic E-state index is 0.550. The third kappa shape index (κ3) is 1.59. The van der Waals surface area contributed by atoms with Crippen molar-refractivity contribution >= 4 is 16.3 Å². The van der Waals surface area contributed by atoms with Crippen molar-refractivity contribution in [1.29, 1.82) is 0 Å². The smallest absolute Gasteiger partial charge is 0.234 e. The van der Waals surface area contributed by atoms with E-state index in [1.807, 2.05) is 4.52 Å². The van der Waals surface area contributed by atoms with Crippen LogP contribution in [0.15, 0.2) is 0 Å². The van der Waals surface area contributed by atoms with E-state index in [1.165, 1.54) is 37.1 Å². The van der Waals surface area contributed by atoms with Gasteiger partial charge in [-0.05, 0) is 38.1 Å². The molecule has 2 aliphatic rings. The SMILES string of the molecule is NCC1CCCC1c1nn2c(C3CC3)nnc2s1. The predicted octanol–water partition coefficient (Wildman–Crippen LogP) is 1.91. The molecule has 0 amide bonds. The van der Waals surface area contributed by atoms with Gasteiger partial charge in [0.05, 0.1) is 0 Å². The molecule has 2 aromatic rings. The van der Waals surface area contributed by atoms with Crippen molar-refractivity contribution in [3.05, 3.63) is 10.8 Å². The largest absolute Gasteiger partial charge is 0.330 e. The first kappa shape index (κ1) is 10.9. The molecule has 0 aromatic carbocycles. The highest BCUT2D eigenvalue weighted by Crippen LogP contribution is 2.42. The summed E-state index contributed by atoms with van der Waals surface area (Å²) >= 11 is 1.70. The molecule has 0 radical (unpaired) electrons. The van der Waals surface area contributed by atoms with Crippen LogP contribution in [-0.2, 0) is 0 Å². The lowest BCUT2D eigenvalue weighted by Crippen LogP contribution is -2.17. The molecule has 96 valence electrons. The van der Waals surface area contributed by atoms with Crippen LogP contribution < -0.4 is 5.73 Å². The second-order valence-corrected chi connectivity index (χ2v) is 6.49. The molecule has 0 bridgehead atoms. The molecular weight excluding hydrogens is 246 g/mol. The molecule has 2 heterocycles. The van der Waals surface area contributed by atoms with Crippen LogP contribution in [0, 0.1) is 5.92 Å². The van der Waals surface area contributed by atoms with E-state index in [0.29, 0.717) is 17.8 Å². The topological polar surface area (TPSA) is 69.1 Å². The Labute approximate surface area is 109 Å². The molecule has 0 spiro atoms. The number of rotatable bonds is 3. The normalized spacial score (nSPS) is 28.3. The second-order valence-electron chi connectivity index (χ2n) is 5.50. The number of nitrogens with zero attached hydrogens (tertiary/aromatic N) is 4. The van der Waals surface area contributed by atoms with Gasteiger partial charge in [0.1, 0.15) is 5.01 Å². The third-order valence-electron chi connectivity index (χ3n) is 4.25. The average Bonchev–Trinajstić information content (AvgIpc) is 2.84. The van der Waals surface area contributed by atoms with E-state index in [2.05, 4.69) is 10.2 Å². The van der Waals surface area contributed by atoms with Gasteiger partial charge in [0.25, 0.3) is 0 Å². The van der Waals surface area contributed by atoms with Crippen molar-refractivity contribution in [2.75, 3.05) is 6.54 Å². The van der Waals surface area contributed by atoms with Gasteiger partial charge in [-0.3, -0.25) is 0 Å².